The SMILES string of the molecule is COc1ccc(OC)c(C=C(C#N)C(=O)Nc2cc([N+](=O)[O-])ccc2Cl)c1. The maximum Gasteiger partial charge on any atom is 0.271 e. The van der Waals surface area contributed by atoms with E-state index in [4.69, 9.17) is 21.1 Å². The lowest BCUT2D eigenvalue weighted by Gasteiger charge is -2.09. The Morgan fingerprint density at radius 3 is 2.59 bits per heavy atom. The molecular formula is C18H14ClN3O5. The Morgan fingerprint density at radius 2 is 2.00 bits per heavy atom. The van der Waals surface area contributed by atoms with E-state index in [0.717, 1.165) is 6.07 Å². The van der Waals surface area contributed by atoms with Crippen molar-refractivity contribution in [3.8, 4) is 17.6 Å². The summed E-state index contributed by atoms with van der Waals surface area (Å²) >= 11 is 5.96. The van der Waals surface area contributed by atoms with Gasteiger partial charge >= 0.3 is 0 Å². The van der Waals surface area contributed by atoms with Crippen LogP contribution >= 0.6 is 11.6 Å². The van der Waals surface area contributed by atoms with Crippen LogP contribution in [0.1, 0.15) is 5.56 Å². The monoisotopic (exact) mass is 387 g/mol. The molecule has 1 N–H and O–H groups in total. The molecule has 8 nitrogen and oxygen atoms in total. The second-order valence-electron chi connectivity index (χ2n) is 5.15. The maximum absolute atomic E-state index is 12.4. The number of rotatable bonds is 6. The zero-order chi connectivity index (χ0) is 20.0. The average Bonchev–Trinajstić information content (AvgIpc) is 2.67. The van der Waals surface area contributed by atoms with E-state index in [2.05, 4.69) is 5.32 Å². The van der Waals surface area contributed by atoms with E-state index in [1.54, 1.807) is 24.3 Å². The lowest BCUT2D eigenvalue weighted by molar-refractivity contribution is -0.384. The van der Waals surface area contributed by atoms with Crippen LogP contribution in [0.3, 0.4) is 0 Å². The van der Waals surface area contributed by atoms with Crippen molar-refractivity contribution in [2.24, 2.45) is 0 Å². The van der Waals surface area contributed by atoms with Gasteiger partial charge in [0.15, 0.2) is 0 Å². The molecule has 0 radical (unpaired) electrons. The highest BCUT2D eigenvalue weighted by atomic mass is 35.5. The van der Waals surface area contributed by atoms with Crippen molar-refractivity contribution in [1.82, 2.24) is 0 Å². The highest BCUT2D eigenvalue weighted by molar-refractivity contribution is 6.34. The number of hydrogen-bond acceptors (Lipinski definition) is 6. The number of carbonyl (C=O) groups is 1. The van der Waals surface area contributed by atoms with Crippen molar-refractivity contribution in [2.45, 2.75) is 0 Å². The van der Waals surface area contributed by atoms with Crippen LogP contribution in [0.4, 0.5) is 11.4 Å². The number of benzene rings is 2. The Balaban J connectivity index is 2.37. The Bertz CT molecular complexity index is 966. The number of amides is 1. The molecule has 0 aliphatic rings. The average molecular weight is 388 g/mol. The number of ether oxygens (including phenoxy) is 2. The van der Waals surface area contributed by atoms with Gasteiger partial charge in [0.05, 0.1) is 29.9 Å². The van der Waals surface area contributed by atoms with Gasteiger partial charge in [-0.05, 0) is 30.3 Å². The number of anilines is 1. The van der Waals surface area contributed by atoms with Crippen molar-refractivity contribution in [2.75, 3.05) is 19.5 Å². The number of methoxy groups -OCH3 is 2. The van der Waals surface area contributed by atoms with Gasteiger partial charge in [-0.3, -0.25) is 14.9 Å². The van der Waals surface area contributed by atoms with Crippen LogP contribution in [0.25, 0.3) is 6.08 Å². The maximum atomic E-state index is 12.4. The summed E-state index contributed by atoms with van der Waals surface area (Å²) in [4.78, 5) is 22.7. The highest BCUT2D eigenvalue weighted by Crippen LogP contribution is 2.28. The summed E-state index contributed by atoms with van der Waals surface area (Å²) in [6.45, 7) is 0. The second-order valence-corrected chi connectivity index (χ2v) is 5.56. The molecule has 0 bridgehead atoms. The fraction of sp³-hybridized carbons (Fsp3) is 0.111. The summed E-state index contributed by atoms with van der Waals surface area (Å²) in [5, 5.41) is 22.7. The van der Waals surface area contributed by atoms with Gasteiger partial charge in [-0.15, -0.1) is 0 Å². The predicted molar refractivity (Wildman–Crippen MR) is 99.9 cm³/mol. The summed E-state index contributed by atoms with van der Waals surface area (Å²) < 4.78 is 10.3. The van der Waals surface area contributed by atoms with Crippen LogP contribution < -0.4 is 14.8 Å². The number of non-ortho nitro benzene ring substituents is 1. The molecule has 9 heteroatoms. The van der Waals surface area contributed by atoms with Crippen LogP contribution in [0.5, 0.6) is 11.5 Å². The van der Waals surface area contributed by atoms with E-state index in [-0.39, 0.29) is 22.0 Å². The van der Waals surface area contributed by atoms with Crippen molar-refractivity contribution in [3.63, 3.8) is 0 Å². The topological polar surface area (TPSA) is 114 Å². The third-order valence-corrected chi connectivity index (χ3v) is 3.84. The lowest BCUT2D eigenvalue weighted by atomic mass is 10.1. The number of nitro benzene ring substituents is 1. The molecule has 0 spiro atoms. The van der Waals surface area contributed by atoms with E-state index in [1.165, 1.54) is 32.4 Å². The van der Waals surface area contributed by atoms with E-state index in [0.29, 0.717) is 17.1 Å². The van der Waals surface area contributed by atoms with E-state index >= 15 is 0 Å². The van der Waals surface area contributed by atoms with Crippen molar-refractivity contribution in [1.29, 1.82) is 5.26 Å². The number of halogens is 1. The fourth-order valence-electron chi connectivity index (χ4n) is 2.17. The second kappa shape index (κ2) is 8.69. The van der Waals surface area contributed by atoms with Gasteiger partial charge in [-0.1, -0.05) is 11.6 Å². The van der Waals surface area contributed by atoms with E-state index < -0.39 is 10.8 Å². The van der Waals surface area contributed by atoms with E-state index in [9.17, 15) is 20.2 Å². The Kier molecular flexibility index (Phi) is 6.36. The minimum Gasteiger partial charge on any atom is -0.497 e. The molecule has 2 aromatic carbocycles. The number of nitriles is 1. The molecule has 0 aliphatic carbocycles. The first-order valence-electron chi connectivity index (χ1n) is 7.48. The van der Waals surface area contributed by atoms with Gasteiger partial charge in [0.25, 0.3) is 11.6 Å². The molecule has 0 aliphatic heterocycles. The molecule has 2 rings (SSSR count). The van der Waals surface area contributed by atoms with Crippen molar-refractivity contribution < 1.29 is 19.2 Å². The van der Waals surface area contributed by atoms with Gasteiger partial charge in [0.1, 0.15) is 23.1 Å². The molecule has 0 fully saturated rings. The summed E-state index contributed by atoms with van der Waals surface area (Å²) in [6, 6.07) is 10.3. The van der Waals surface area contributed by atoms with Gasteiger partial charge in [-0.2, -0.15) is 5.26 Å². The zero-order valence-corrected chi connectivity index (χ0v) is 15.1. The quantitative estimate of drug-likeness (QED) is 0.349. The van der Waals surface area contributed by atoms with Gasteiger partial charge in [-0.25, -0.2) is 0 Å². The molecule has 0 heterocycles. The fourth-order valence-corrected chi connectivity index (χ4v) is 2.33. The standard InChI is InChI=1S/C18H14ClN3O5/c1-26-14-4-6-17(27-2)11(8-14)7-12(10-20)18(23)21-16-9-13(22(24)25)3-5-15(16)19/h3-9H,1-2H3,(H,21,23). The molecule has 138 valence electrons. The van der Waals surface area contributed by atoms with Crippen molar-refractivity contribution >= 4 is 35.0 Å². The zero-order valence-electron chi connectivity index (χ0n) is 14.4. The number of nitro groups is 1. The number of hydrogen-bond donors (Lipinski definition) is 1. The van der Waals surface area contributed by atoms with Crippen LogP contribution in [0.2, 0.25) is 5.02 Å². The molecule has 2 aromatic rings. The van der Waals surface area contributed by atoms with Gasteiger partial charge in [0, 0.05) is 17.7 Å². The molecule has 27 heavy (non-hydrogen) atoms. The van der Waals surface area contributed by atoms with Crippen LogP contribution in [-0.4, -0.2) is 25.1 Å². The normalized spacial score (nSPS) is 10.7. The first-order chi connectivity index (χ1) is 12.9. The molecule has 1 amide bonds. The Labute approximate surface area is 159 Å². The number of nitrogens with zero attached hydrogens (tertiary/aromatic N) is 2. The summed E-state index contributed by atoms with van der Waals surface area (Å²) in [5.41, 5.74) is -0.0147. The molecule has 0 saturated carbocycles. The largest absolute Gasteiger partial charge is 0.497 e. The summed E-state index contributed by atoms with van der Waals surface area (Å²) in [7, 11) is 2.94. The molecule has 0 saturated heterocycles. The highest BCUT2D eigenvalue weighted by Gasteiger charge is 2.16. The van der Waals surface area contributed by atoms with Crippen LogP contribution in [0, 0.1) is 21.4 Å². The summed E-state index contributed by atoms with van der Waals surface area (Å²) in [5.74, 6) is 0.177. The first kappa shape index (κ1) is 19.8. The smallest absolute Gasteiger partial charge is 0.271 e. The third-order valence-electron chi connectivity index (χ3n) is 3.51. The van der Waals surface area contributed by atoms with Crippen LogP contribution in [0.15, 0.2) is 42.0 Å². The lowest BCUT2D eigenvalue weighted by Crippen LogP contribution is -2.14. The Morgan fingerprint density at radius 1 is 1.26 bits per heavy atom. The van der Waals surface area contributed by atoms with E-state index in [1.807, 2.05) is 0 Å². The minimum absolute atomic E-state index is 0.0228. The molecule has 0 unspecified atom stereocenters. The number of carbonyl (C=O) groups excluding carboxylic acids is 1. The van der Waals surface area contributed by atoms with Gasteiger partial charge in [0.2, 0.25) is 0 Å². The minimum atomic E-state index is -0.773. The first-order valence-corrected chi connectivity index (χ1v) is 7.86. The van der Waals surface area contributed by atoms with Crippen LogP contribution in [-0.2, 0) is 4.79 Å². The van der Waals surface area contributed by atoms with Gasteiger partial charge < -0.3 is 14.8 Å². The Hall–Kier alpha value is -3.57. The number of nitrogens with one attached hydrogen (secondary N) is 1. The molecular weight excluding hydrogens is 374 g/mol. The third kappa shape index (κ3) is 4.74. The summed E-state index contributed by atoms with van der Waals surface area (Å²) in [6.07, 6.45) is 1.32. The molecule has 0 aromatic heterocycles. The van der Waals surface area contributed by atoms with Crippen molar-refractivity contribution in [3.05, 3.63) is 62.7 Å². The molecule has 0 atom stereocenters. The predicted octanol–water partition coefficient (Wildman–Crippen LogP) is 3.81.